The Morgan fingerprint density at radius 3 is 2.56 bits per heavy atom. The Balaban J connectivity index is 2.11. The van der Waals surface area contributed by atoms with Crippen LogP contribution in [0, 0.1) is 0 Å². The lowest BCUT2D eigenvalue weighted by Gasteiger charge is -2.19. The normalized spacial score (nSPS) is 12.6. The molecule has 0 aliphatic carbocycles. The highest BCUT2D eigenvalue weighted by Crippen LogP contribution is 2.22. The molecule has 0 fully saturated rings. The minimum Gasteiger partial charge on any atom is -0.456 e. The molecule has 2 aromatic carbocycles. The number of likely N-dealkylation sites (N-methyl/N-ethyl adjacent to an activating group) is 2. The summed E-state index contributed by atoms with van der Waals surface area (Å²) in [7, 11) is 7.97. The third-order valence-corrected chi connectivity index (χ3v) is 4.65. The van der Waals surface area contributed by atoms with Crippen LogP contribution < -0.4 is 11.1 Å². The largest absolute Gasteiger partial charge is 0.456 e. The Hall–Kier alpha value is -2.70. The van der Waals surface area contributed by atoms with Gasteiger partial charge < -0.3 is 20.0 Å². The number of nitrogens with two attached hydrogens (primary N) is 1. The smallest absolute Gasteiger partial charge is 0.249 e. The molecule has 6 heteroatoms. The van der Waals surface area contributed by atoms with Crippen molar-refractivity contribution in [2.75, 3.05) is 41.3 Å². The molecule has 1 amide bonds. The van der Waals surface area contributed by atoms with E-state index >= 15 is 0 Å². The summed E-state index contributed by atoms with van der Waals surface area (Å²) in [6.45, 7) is 2.80. The fraction of sp³-hybridized carbons (Fsp3) is 0.333. The molecular weight excluding hydrogens is 340 g/mol. The van der Waals surface area contributed by atoms with E-state index in [-0.39, 0.29) is 0 Å². The monoisotopic (exact) mass is 366 g/mol. The Labute approximate surface area is 158 Å². The number of fused-ring (bicyclic) bond motifs is 2. The van der Waals surface area contributed by atoms with Crippen LogP contribution in [0.4, 0.5) is 0 Å². The van der Waals surface area contributed by atoms with E-state index in [0.717, 1.165) is 36.0 Å². The number of benzene rings is 2. The summed E-state index contributed by atoms with van der Waals surface area (Å²) in [6, 6.07) is 11.4. The minimum absolute atomic E-state index is 0.423. The van der Waals surface area contributed by atoms with Crippen molar-refractivity contribution in [1.82, 2.24) is 9.80 Å². The maximum atomic E-state index is 11.9. The van der Waals surface area contributed by atoms with Gasteiger partial charge in [0, 0.05) is 32.1 Å². The first-order valence-corrected chi connectivity index (χ1v) is 8.95. The van der Waals surface area contributed by atoms with E-state index in [9.17, 15) is 4.79 Å². The van der Waals surface area contributed by atoms with E-state index in [1.165, 1.54) is 5.56 Å². The topological polar surface area (TPSA) is 75.1 Å². The highest BCUT2D eigenvalue weighted by Gasteiger charge is 2.13. The average molecular weight is 366 g/mol. The van der Waals surface area contributed by atoms with E-state index < -0.39 is 5.91 Å². The van der Waals surface area contributed by atoms with Crippen molar-refractivity contribution in [2.45, 2.75) is 6.54 Å². The molecule has 0 aliphatic rings. The van der Waals surface area contributed by atoms with Crippen LogP contribution in [0.25, 0.3) is 21.9 Å². The Morgan fingerprint density at radius 2 is 1.89 bits per heavy atom. The molecular formula is C21H26N4O2. The molecule has 3 rings (SSSR count). The van der Waals surface area contributed by atoms with Crippen molar-refractivity contribution < 1.29 is 9.21 Å². The van der Waals surface area contributed by atoms with Crippen LogP contribution in [0.15, 0.2) is 45.8 Å². The molecule has 1 aromatic heterocycles. The summed E-state index contributed by atoms with van der Waals surface area (Å²) in [5.74, 6) is -0.486. The van der Waals surface area contributed by atoms with Crippen LogP contribution in [0.3, 0.4) is 0 Å². The molecule has 2 N–H and O–H groups in total. The number of carbonyl (C=O) groups excluding carboxylic acids is 1. The molecule has 0 saturated carbocycles. The van der Waals surface area contributed by atoms with Crippen LogP contribution in [-0.4, -0.2) is 57.0 Å². The average Bonchev–Trinajstić information content (AvgIpc) is 2.64. The first kappa shape index (κ1) is 19.1. The third-order valence-electron chi connectivity index (χ3n) is 4.65. The lowest BCUT2D eigenvalue weighted by molar-refractivity contribution is 0.100. The Morgan fingerprint density at radius 1 is 1.11 bits per heavy atom. The van der Waals surface area contributed by atoms with Gasteiger partial charge in [-0.3, -0.25) is 9.79 Å². The number of carbonyl (C=O) groups is 1. The van der Waals surface area contributed by atoms with Crippen LogP contribution in [0.2, 0.25) is 0 Å². The summed E-state index contributed by atoms with van der Waals surface area (Å²) >= 11 is 0. The van der Waals surface area contributed by atoms with Gasteiger partial charge in [0.1, 0.15) is 11.2 Å². The molecule has 0 spiro atoms. The fourth-order valence-electron chi connectivity index (χ4n) is 3.26. The standard InChI is InChI=1S/C21H26N4O2/c1-23-20-16-12-14(13-25(4)11-10-24(2)3)8-9-17(16)27-18-7-5-6-15(19(18)20)21(22)26/h5-9,12H,10-11,13H2,1-4H3,(H2,22,26). The molecule has 0 unspecified atom stereocenters. The van der Waals surface area contributed by atoms with Crippen molar-refractivity contribution in [3.8, 4) is 0 Å². The molecule has 6 nitrogen and oxygen atoms in total. The first-order chi connectivity index (χ1) is 12.9. The predicted molar refractivity (Wildman–Crippen MR) is 109 cm³/mol. The Kier molecular flexibility index (Phi) is 5.58. The van der Waals surface area contributed by atoms with Gasteiger partial charge in [0.05, 0.1) is 16.3 Å². The van der Waals surface area contributed by atoms with Gasteiger partial charge in [0.2, 0.25) is 5.91 Å². The van der Waals surface area contributed by atoms with Crippen molar-refractivity contribution >= 4 is 27.8 Å². The number of nitrogens with zero attached hydrogens (tertiary/aromatic N) is 3. The van der Waals surface area contributed by atoms with Gasteiger partial charge >= 0.3 is 0 Å². The third kappa shape index (κ3) is 4.02. The zero-order valence-corrected chi connectivity index (χ0v) is 16.3. The second-order valence-electron chi connectivity index (χ2n) is 7.09. The van der Waals surface area contributed by atoms with Crippen LogP contribution in [0.1, 0.15) is 15.9 Å². The van der Waals surface area contributed by atoms with Gasteiger partial charge in [-0.1, -0.05) is 12.1 Å². The quantitative estimate of drug-likeness (QED) is 0.679. The first-order valence-electron chi connectivity index (χ1n) is 8.95. The molecule has 142 valence electrons. The highest BCUT2D eigenvalue weighted by atomic mass is 16.3. The summed E-state index contributed by atoms with van der Waals surface area (Å²) in [4.78, 5) is 20.8. The number of primary amides is 1. The van der Waals surface area contributed by atoms with E-state index in [1.807, 2.05) is 12.1 Å². The summed E-state index contributed by atoms with van der Waals surface area (Å²) in [6.07, 6.45) is 0. The van der Waals surface area contributed by atoms with Crippen LogP contribution in [0.5, 0.6) is 0 Å². The SMILES string of the molecule is CN=c1c2cc(CN(C)CCN(C)C)ccc2oc2cccc(C(N)=O)c12. The number of hydrogen-bond donors (Lipinski definition) is 1. The van der Waals surface area contributed by atoms with Crippen molar-refractivity contribution in [3.63, 3.8) is 0 Å². The molecule has 3 aromatic rings. The molecule has 0 saturated heterocycles. The van der Waals surface area contributed by atoms with E-state index in [2.05, 4.69) is 48.1 Å². The van der Waals surface area contributed by atoms with Gasteiger partial charge in [-0.05, 0) is 51.0 Å². The maximum Gasteiger partial charge on any atom is 0.249 e. The van der Waals surface area contributed by atoms with Crippen LogP contribution >= 0.6 is 0 Å². The Bertz CT molecular complexity index is 1050. The zero-order valence-electron chi connectivity index (χ0n) is 16.3. The second kappa shape index (κ2) is 7.90. The lowest BCUT2D eigenvalue weighted by Crippen LogP contribution is -2.28. The van der Waals surface area contributed by atoms with Crippen LogP contribution in [-0.2, 0) is 6.54 Å². The van der Waals surface area contributed by atoms with Gasteiger partial charge in [-0.15, -0.1) is 0 Å². The lowest BCUT2D eigenvalue weighted by atomic mass is 10.0. The van der Waals surface area contributed by atoms with Gasteiger partial charge in [0.15, 0.2) is 0 Å². The molecule has 0 bridgehead atoms. The van der Waals surface area contributed by atoms with Crippen molar-refractivity contribution in [3.05, 3.63) is 52.9 Å². The van der Waals surface area contributed by atoms with Gasteiger partial charge in [-0.2, -0.15) is 0 Å². The fourth-order valence-corrected chi connectivity index (χ4v) is 3.26. The second-order valence-corrected chi connectivity index (χ2v) is 7.09. The predicted octanol–water partition coefficient (Wildman–Crippen LogP) is 2.21. The van der Waals surface area contributed by atoms with E-state index in [1.54, 1.807) is 19.2 Å². The van der Waals surface area contributed by atoms with Gasteiger partial charge in [-0.25, -0.2) is 0 Å². The van der Waals surface area contributed by atoms with Crippen molar-refractivity contribution in [1.29, 1.82) is 0 Å². The summed E-state index contributed by atoms with van der Waals surface area (Å²) in [5.41, 5.74) is 8.50. The molecule has 1 heterocycles. The highest BCUT2D eigenvalue weighted by molar-refractivity contribution is 6.06. The maximum absolute atomic E-state index is 11.9. The van der Waals surface area contributed by atoms with E-state index in [4.69, 9.17) is 10.2 Å². The zero-order chi connectivity index (χ0) is 19.6. The molecule has 0 aliphatic heterocycles. The number of hydrogen-bond acceptors (Lipinski definition) is 5. The summed E-state index contributed by atoms with van der Waals surface area (Å²) in [5, 5.41) is 2.29. The van der Waals surface area contributed by atoms with Crippen molar-refractivity contribution in [2.24, 2.45) is 10.7 Å². The van der Waals surface area contributed by atoms with E-state index in [0.29, 0.717) is 16.5 Å². The molecule has 27 heavy (non-hydrogen) atoms. The summed E-state index contributed by atoms with van der Waals surface area (Å²) < 4.78 is 6.03. The molecule has 0 radical (unpaired) electrons. The number of amides is 1. The molecule has 0 atom stereocenters. The van der Waals surface area contributed by atoms with Gasteiger partial charge in [0.25, 0.3) is 0 Å². The minimum atomic E-state index is -0.486. The number of rotatable bonds is 6.